The number of hydrogen-bond donors (Lipinski definition) is 2. The molecule has 1 rings (SSSR count). The Morgan fingerprint density at radius 2 is 1.68 bits per heavy atom. The fraction of sp³-hybridized carbons (Fsp3) is 0.524. The largest absolute Gasteiger partial charge is 0.469 e. The van der Waals surface area contributed by atoms with E-state index in [1.54, 1.807) is 0 Å². The van der Waals surface area contributed by atoms with Gasteiger partial charge in [0.15, 0.2) is 0 Å². The average Bonchev–Trinajstić information content (AvgIpc) is 2.69. The molecular formula is C21H30N2O5. The van der Waals surface area contributed by atoms with Crippen LogP contribution in [0, 0.1) is 5.92 Å². The van der Waals surface area contributed by atoms with Gasteiger partial charge < -0.3 is 20.2 Å². The van der Waals surface area contributed by atoms with Crippen LogP contribution >= 0.6 is 0 Å². The van der Waals surface area contributed by atoms with Gasteiger partial charge in [-0.15, -0.1) is 0 Å². The number of amides is 2. The van der Waals surface area contributed by atoms with Crippen molar-refractivity contribution in [1.29, 1.82) is 0 Å². The van der Waals surface area contributed by atoms with Gasteiger partial charge in [0.1, 0.15) is 12.3 Å². The van der Waals surface area contributed by atoms with Crippen molar-refractivity contribution in [3.8, 4) is 0 Å². The molecule has 0 fully saturated rings. The molecule has 154 valence electrons. The molecule has 7 heteroatoms. The second kappa shape index (κ2) is 12.6. The highest BCUT2D eigenvalue weighted by Crippen LogP contribution is 2.07. The molecule has 0 aliphatic heterocycles. The number of benzene rings is 1. The van der Waals surface area contributed by atoms with E-state index in [-0.39, 0.29) is 36.5 Å². The summed E-state index contributed by atoms with van der Waals surface area (Å²) in [6, 6.07) is 8.01. The van der Waals surface area contributed by atoms with Gasteiger partial charge in [-0.1, -0.05) is 44.2 Å². The fourth-order valence-electron chi connectivity index (χ4n) is 2.71. The van der Waals surface area contributed by atoms with Gasteiger partial charge in [-0.05, 0) is 30.7 Å². The van der Waals surface area contributed by atoms with Gasteiger partial charge in [0.25, 0.3) is 0 Å². The highest BCUT2D eigenvalue weighted by molar-refractivity contribution is 5.89. The number of aldehydes is 1. The number of hydrogen-bond acceptors (Lipinski definition) is 5. The summed E-state index contributed by atoms with van der Waals surface area (Å²) in [6.07, 6.45) is 2.65. The lowest BCUT2D eigenvalue weighted by Crippen LogP contribution is -2.52. The van der Waals surface area contributed by atoms with Crippen molar-refractivity contribution in [2.75, 3.05) is 7.11 Å². The number of carbonyl (C=O) groups is 4. The van der Waals surface area contributed by atoms with Crippen LogP contribution in [0.5, 0.6) is 0 Å². The van der Waals surface area contributed by atoms with Gasteiger partial charge in [-0.25, -0.2) is 0 Å². The molecule has 1 aromatic rings. The maximum Gasteiger partial charge on any atom is 0.305 e. The van der Waals surface area contributed by atoms with E-state index in [9.17, 15) is 19.2 Å². The molecule has 0 bridgehead atoms. The monoisotopic (exact) mass is 390 g/mol. The minimum Gasteiger partial charge on any atom is -0.469 e. The number of rotatable bonds is 12. The third-order valence-electron chi connectivity index (χ3n) is 4.32. The molecule has 0 spiro atoms. The lowest BCUT2D eigenvalue weighted by atomic mass is 10.0. The molecule has 2 N–H and O–H groups in total. The zero-order chi connectivity index (χ0) is 20.9. The van der Waals surface area contributed by atoms with Crippen molar-refractivity contribution < 1.29 is 23.9 Å². The maximum atomic E-state index is 12.6. The molecule has 2 amide bonds. The molecule has 2 atom stereocenters. The Morgan fingerprint density at radius 1 is 1.04 bits per heavy atom. The molecule has 0 aliphatic carbocycles. The van der Waals surface area contributed by atoms with Gasteiger partial charge in [0.2, 0.25) is 11.8 Å². The van der Waals surface area contributed by atoms with Crippen molar-refractivity contribution in [3.63, 3.8) is 0 Å². The van der Waals surface area contributed by atoms with E-state index in [4.69, 9.17) is 0 Å². The second-order valence-electron chi connectivity index (χ2n) is 7.01. The first-order chi connectivity index (χ1) is 13.4. The van der Waals surface area contributed by atoms with Crippen LogP contribution in [0.25, 0.3) is 0 Å². The van der Waals surface area contributed by atoms with E-state index in [0.29, 0.717) is 25.5 Å². The van der Waals surface area contributed by atoms with Gasteiger partial charge in [-0.2, -0.15) is 0 Å². The third kappa shape index (κ3) is 8.79. The Kier molecular flexibility index (Phi) is 10.5. The highest BCUT2D eigenvalue weighted by atomic mass is 16.5. The second-order valence-corrected chi connectivity index (χ2v) is 7.01. The summed E-state index contributed by atoms with van der Waals surface area (Å²) in [6.45, 7) is 3.66. The minimum atomic E-state index is -0.730. The van der Waals surface area contributed by atoms with Crippen molar-refractivity contribution >= 4 is 24.1 Å². The summed E-state index contributed by atoms with van der Waals surface area (Å²) in [5, 5.41) is 5.44. The first-order valence-corrected chi connectivity index (χ1v) is 9.53. The normalized spacial score (nSPS) is 12.7. The summed E-state index contributed by atoms with van der Waals surface area (Å²) in [5.41, 5.74) is 0.940. The molecule has 0 radical (unpaired) electrons. The average molecular weight is 390 g/mol. The van der Waals surface area contributed by atoms with Gasteiger partial charge >= 0.3 is 5.97 Å². The van der Waals surface area contributed by atoms with Gasteiger partial charge in [0.05, 0.1) is 13.2 Å². The Morgan fingerprint density at radius 3 is 2.25 bits per heavy atom. The quantitative estimate of drug-likeness (QED) is 0.322. The Labute approximate surface area is 166 Å². The third-order valence-corrected chi connectivity index (χ3v) is 4.32. The molecular weight excluding hydrogens is 360 g/mol. The zero-order valence-corrected chi connectivity index (χ0v) is 16.8. The van der Waals surface area contributed by atoms with Crippen molar-refractivity contribution in [2.24, 2.45) is 5.92 Å². The predicted octanol–water partition coefficient (Wildman–Crippen LogP) is 1.79. The molecule has 1 unspecified atom stereocenters. The highest BCUT2D eigenvalue weighted by Gasteiger charge is 2.26. The van der Waals surface area contributed by atoms with Crippen LogP contribution in [-0.2, 0) is 30.3 Å². The number of ether oxygens (including phenoxy) is 1. The molecule has 0 saturated carbocycles. The maximum absolute atomic E-state index is 12.6. The van der Waals surface area contributed by atoms with Crippen LogP contribution in [0.15, 0.2) is 30.3 Å². The molecule has 0 heterocycles. The predicted molar refractivity (Wildman–Crippen MR) is 105 cm³/mol. The standard InChI is InChI=1S/C21H30N2O5/c1-15(2)20(23-18(25)11-7-8-12-19(26)28-3)21(27)22-17(14-24)13-16-9-5-4-6-10-16/h4-6,9-10,14-15,17,20H,7-8,11-13H2,1-3H3,(H,22,27)(H,23,25)/t17?,20-/m0/s1. The summed E-state index contributed by atoms with van der Waals surface area (Å²) in [7, 11) is 1.32. The molecule has 1 aromatic carbocycles. The van der Waals surface area contributed by atoms with Crippen LogP contribution in [-0.4, -0.2) is 43.3 Å². The Hall–Kier alpha value is -2.70. The number of unbranched alkanes of at least 4 members (excludes halogenated alkanes) is 1. The van der Waals surface area contributed by atoms with Crippen LogP contribution < -0.4 is 10.6 Å². The van der Waals surface area contributed by atoms with Gasteiger partial charge in [0, 0.05) is 12.8 Å². The summed E-state index contributed by atoms with van der Waals surface area (Å²) in [4.78, 5) is 47.2. The van der Waals surface area contributed by atoms with Crippen LogP contribution in [0.3, 0.4) is 0 Å². The molecule has 0 aliphatic rings. The van der Waals surface area contributed by atoms with Gasteiger partial charge in [-0.3, -0.25) is 14.4 Å². The minimum absolute atomic E-state index is 0.136. The molecule has 0 aromatic heterocycles. The summed E-state index contributed by atoms with van der Waals surface area (Å²) < 4.78 is 4.55. The van der Waals surface area contributed by atoms with Crippen LogP contribution in [0.2, 0.25) is 0 Å². The first kappa shape index (κ1) is 23.3. The summed E-state index contributed by atoms with van der Waals surface area (Å²) in [5.74, 6) is -1.09. The summed E-state index contributed by atoms with van der Waals surface area (Å²) >= 11 is 0. The van der Waals surface area contributed by atoms with E-state index in [1.165, 1.54) is 7.11 Å². The topological polar surface area (TPSA) is 102 Å². The first-order valence-electron chi connectivity index (χ1n) is 9.53. The number of nitrogens with one attached hydrogen (secondary N) is 2. The van der Waals surface area contributed by atoms with E-state index in [0.717, 1.165) is 5.56 Å². The fourth-order valence-corrected chi connectivity index (χ4v) is 2.71. The molecule has 7 nitrogen and oxygen atoms in total. The smallest absolute Gasteiger partial charge is 0.305 e. The van der Waals surface area contributed by atoms with E-state index in [1.807, 2.05) is 44.2 Å². The Balaban J connectivity index is 2.53. The number of methoxy groups -OCH3 is 1. The van der Waals surface area contributed by atoms with Crippen molar-refractivity contribution in [1.82, 2.24) is 10.6 Å². The van der Waals surface area contributed by atoms with E-state index in [2.05, 4.69) is 15.4 Å². The molecule has 0 saturated heterocycles. The van der Waals surface area contributed by atoms with E-state index < -0.39 is 12.1 Å². The van der Waals surface area contributed by atoms with Crippen LogP contribution in [0.4, 0.5) is 0 Å². The zero-order valence-electron chi connectivity index (χ0n) is 16.8. The SMILES string of the molecule is COC(=O)CCCCC(=O)N[C@H](C(=O)NC(C=O)Cc1ccccc1)C(C)C. The van der Waals surface area contributed by atoms with Crippen molar-refractivity contribution in [3.05, 3.63) is 35.9 Å². The van der Waals surface area contributed by atoms with Crippen LogP contribution in [0.1, 0.15) is 45.1 Å². The lowest BCUT2D eigenvalue weighted by molar-refractivity contribution is -0.140. The van der Waals surface area contributed by atoms with E-state index >= 15 is 0 Å². The molecule has 28 heavy (non-hydrogen) atoms. The number of carbonyl (C=O) groups excluding carboxylic acids is 4. The lowest BCUT2D eigenvalue weighted by Gasteiger charge is -2.23. The van der Waals surface area contributed by atoms with Crippen molar-refractivity contribution in [2.45, 2.75) is 58.0 Å². The Bertz CT molecular complexity index is 645. The number of esters is 1.